The second-order valence-electron chi connectivity index (χ2n) is 6.45. The van der Waals surface area contributed by atoms with E-state index in [1.54, 1.807) is 12.1 Å². The number of aromatic amines is 1. The maximum atomic E-state index is 9.92. The van der Waals surface area contributed by atoms with Gasteiger partial charge in [-0.3, -0.25) is 0 Å². The largest absolute Gasteiger partial charge is 0.396 e. The lowest BCUT2D eigenvalue weighted by molar-refractivity contribution is 0.235. The molecule has 3 N–H and O–H groups in total. The van der Waals surface area contributed by atoms with Gasteiger partial charge in [-0.2, -0.15) is 0 Å². The highest BCUT2D eigenvalue weighted by Crippen LogP contribution is 2.37. The number of hydrogen-bond donors (Lipinski definition) is 3. The molecule has 0 saturated carbocycles. The number of halogens is 2. The number of fused-ring (bicyclic) bond motifs is 3. The monoisotopic (exact) mass is 437 g/mol. The minimum Gasteiger partial charge on any atom is -0.396 e. The van der Waals surface area contributed by atoms with Gasteiger partial charge in [0.05, 0.1) is 13.2 Å². The summed E-state index contributed by atoms with van der Waals surface area (Å²) < 4.78 is 5.61. The van der Waals surface area contributed by atoms with Crippen molar-refractivity contribution in [3.8, 4) is 0 Å². The van der Waals surface area contributed by atoms with E-state index < -0.39 is 0 Å². The van der Waals surface area contributed by atoms with Gasteiger partial charge in [-0.25, -0.2) is 9.03 Å². The fraction of sp³-hybridized carbons (Fsp3) is 0.333. The van der Waals surface area contributed by atoms with Crippen molar-refractivity contribution in [2.75, 3.05) is 13.2 Å². The van der Waals surface area contributed by atoms with Crippen LogP contribution in [-0.2, 0) is 13.1 Å². The standard InChI is InChI=1S/C19H19Cl2N3OS.C2H6/c20-14-3-1-2-12(6-14)8-22-26-24-9-13(11-25)19-16-7-15(21)4-5-17(16)23-18(19)10-24;1-2/h1-7,13,22-23,25H,8-11H2;1-2H3. The van der Waals surface area contributed by atoms with E-state index in [0.29, 0.717) is 0 Å². The summed E-state index contributed by atoms with van der Waals surface area (Å²) in [7, 11) is 0. The molecular weight excluding hydrogens is 413 g/mol. The second-order valence-corrected chi connectivity index (χ2v) is 8.31. The van der Waals surface area contributed by atoms with Crippen LogP contribution >= 0.6 is 35.3 Å². The summed E-state index contributed by atoms with van der Waals surface area (Å²) in [5.41, 5.74) is 4.54. The van der Waals surface area contributed by atoms with Crippen LogP contribution in [0.2, 0.25) is 10.0 Å². The van der Waals surface area contributed by atoms with Gasteiger partial charge in [-0.1, -0.05) is 49.2 Å². The van der Waals surface area contributed by atoms with Crippen molar-refractivity contribution in [2.45, 2.75) is 32.9 Å². The molecule has 1 atom stereocenters. The Bertz CT molecular complexity index is 931. The summed E-state index contributed by atoms with van der Waals surface area (Å²) in [5, 5.41) is 12.5. The van der Waals surface area contributed by atoms with Crippen molar-refractivity contribution < 1.29 is 5.11 Å². The lowest BCUT2D eigenvalue weighted by Gasteiger charge is -2.31. The van der Waals surface area contributed by atoms with Gasteiger partial charge in [0.1, 0.15) is 0 Å². The molecule has 2 heterocycles. The maximum Gasteiger partial charge on any atom is 0.0513 e. The maximum absolute atomic E-state index is 9.92. The van der Waals surface area contributed by atoms with Gasteiger partial charge in [-0.05, 0) is 41.5 Å². The summed E-state index contributed by atoms with van der Waals surface area (Å²) in [6.07, 6.45) is 0. The van der Waals surface area contributed by atoms with E-state index in [9.17, 15) is 5.11 Å². The number of benzene rings is 2. The van der Waals surface area contributed by atoms with E-state index in [2.05, 4.69) is 14.0 Å². The van der Waals surface area contributed by atoms with E-state index in [4.69, 9.17) is 23.2 Å². The molecular formula is C21H25Cl2N3OS. The minimum absolute atomic E-state index is 0.0615. The highest BCUT2D eigenvalue weighted by atomic mass is 35.5. The van der Waals surface area contributed by atoms with E-state index in [1.807, 2.05) is 56.3 Å². The molecule has 1 aliphatic rings. The summed E-state index contributed by atoms with van der Waals surface area (Å²) in [5.74, 6) is 0.0615. The first-order chi connectivity index (χ1) is 13.6. The molecule has 0 amide bonds. The third kappa shape index (κ3) is 4.85. The topological polar surface area (TPSA) is 51.3 Å². The number of nitrogens with zero attached hydrogens (tertiary/aromatic N) is 1. The van der Waals surface area contributed by atoms with Gasteiger partial charge in [0.15, 0.2) is 0 Å². The highest BCUT2D eigenvalue weighted by Gasteiger charge is 2.29. The van der Waals surface area contributed by atoms with Gasteiger partial charge in [0, 0.05) is 57.8 Å². The summed E-state index contributed by atoms with van der Waals surface area (Å²) in [6.45, 7) is 6.39. The van der Waals surface area contributed by atoms with Crippen LogP contribution in [0.3, 0.4) is 0 Å². The number of aliphatic hydroxyl groups is 1. The molecule has 1 aromatic heterocycles. The Morgan fingerprint density at radius 1 is 1.18 bits per heavy atom. The Kier molecular flexibility index (Phi) is 7.69. The predicted octanol–water partition coefficient (Wildman–Crippen LogP) is 5.75. The smallest absolute Gasteiger partial charge is 0.0513 e. The van der Waals surface area contributed by atoms with E-state index >= 15 is 0 Å². The van der Waals surface area contributed by atoms with Crippen molar-refractivity contribution in [3.05, 3.63) is 69.3 Å². The van der Waals surface area contributed by atoms with Crippen LogP contribution in [0.5, 0.6) is 0 Å². The lowest BCUT2D eigenvalue weighted by atomic mass is 9.94. The molecule has 0 fully saturated rings. The average Bonchev–Trinajstić information content (AvgIpc) is 3.06. The molecule has 0 saturated heterocycles. The number of nitrogens with one attached hydrogen (secondary N) is 2. The van der Waals surface area contributed by atoms with Crippen LogP contribution in [0.4, 0.5) is 0 Å². The third-order valence-corrected chi connectivity index (χ3v) is 5.91. The predicted molar refractivity (Wildman–Crippen MR) is 121 cm³/mol. The first-order valence-electron chi connectivity index (χ1n) is 9.44. The molecule has 2 aromatic carbocycles. The van der Waals surface area contributed by atoms with Gasteiger partial charge < -0.3 is 10.1 Å². The van der Waals surface area contributed by atoms with Crippen LogP contribution in [-0.4, -0.2) is 27.5 Å². The normalized spacial score (nSPS) is 16.5. The molecule has 0 bridgehead atoms. The molecule has 0 aliphatic carbocycles. The fourth-order valence-corrected chi connectivity index (χ4v) is 4.73. The minimum atomic E-state index is 0.0615. The zero-order chi connectivity index (χ0) is 20.1. The van der Waals surface area contributed by atoms with Gasteiger partial charge in [0.2, 0.25) is 0 Å². The van der Waals surface area contributed by atoms with Crippen molar-refractivity contribution in [2.24, 2.45) is 0 Å². The Balaban J connectivity index is 0.00000109. The number of aromatic nitrogens is 1. The Labute approximate surface area is 180 Å². The fourth-order valence-electron chi connectivity index (χ4n) is 3.48. The molecule has 150 valence electrons. The molecule has 1 unspecified atom stereocenters. The van der Waals surface area contributed by atoms with E-state index in [-0.39, 0.29) is 12.5 Å². The van der Waals surface area contributed by atoms with Crippen LogP contribution in [0.15, 0.2) is 42.5 Å². The first kappa shape index (κ1) is 21.5. The summed E-state index contributed by atoms with van der Waals surface area (Å²) in [4.78, 5) is 3.48. The zero-order valence-electron chi connectivity index (χ0n) is 16.0. The summed E-state index contributed by atoms with van der Waals surface area (Å²) in [6, 6.07) is 13.7. The van der Waals surface area contributed by atoms with Gasteiger partial charge in [0.25, 0.3) is 0 Å². The molecule has 28 heavy (non-hydrogen) atoms. The zero-order valence-corrected chi connectivity index (χ0v) is 18.3. The molecule has 1 aliphatic heterocycles. The Morgan fingerprint density at radius 3 is 2.71 bits per heavy atom. The SMILES string of the molecule is CC.OCC1CN(SNCc2cccc(Cl)c2)Cc2[nH]c3ccc(Cl)cc3c21. The van der Waals surface area contributed by atoms with E-state index in [0.717, 1.165) is 51.8 Å². The Morgan fingerprint density at radius 2 is 1.96 bits per heavy atom. The number of rotatable bonds is 5. The number of hydrogen-bond acceptors (Lipinski definition) is 4. The van der Waals surface area contributed by atoms with Crippen LogP contribution in [0.1, 0.15) is 36.6 Å². The summed E-state index contributed by atoms with van der Waals surface area (Å²) >= 11 is 13.8. The first-order valence-corrected chi connectivity index (χ1v) is 11.0. The molecule has 4 rings (SSSR count). The van der Waals surface area contributed by atoms with Crippen LogP contribution in [0.25, 0.3) is 10.9 Å². The second kappa shape index (κ2) is 10.0. The molecule has 0 spiro atoms. The highest BCUT2D eigenvalue weighted by molar-refractivity contribution is 7.95. The van der Waals surface area contributed by atoms with Gasteiger partial charge in [-0.15, -0.1) is 0 Å². The van der Waals surface area contributed by atoms with Crippen molar-refractivity contribution in [1.82, 2.24) is 14.0 Å². The molecule has 4 nitrogen and oxygen atoms in total. The number of H-pyrrole nitrogens is 1. The number of aliphatic hydroxyl groups excluding tert-OH is 1. The Hall–Kier alpha value is -1.21. The van der Waals surface area contributed by atoms with Gasteiger partial charge >= 0.3 is 0 Å². The van der Waals surface area contributed by atoms with Crippen LogP contribution < -0.4 is 4.72 Å². The van der Waals surface area contributed by atoms with Crippen molar-refractivity contribution in [1.29, 1.82) is 0 Å². The van der Waals surface area contributed by atoms with E-state index in [1.165, 1.54) is 5.56 Å². The van der Waals surface area contributed by atoms with Crippen LogP contribution in [0, 0.1) is 0 Å². The van der Waals surface area contributed by atoms with Crippen molar-refractivity contribution >= 4 is 46.2 Å². The average molecular weight is 438 g/mol. The molecule has 7 heteroatoms. The lowest BCUT2D eigenvalue weighted by Crippen LogP contribution is -2.32. The third-order valence-electron chi connectivity index (χ3n) is 4.63. The quantitative estimate of drug-likeness (QED) is 0.445. The van der Waals surface area contributed by atoms with Crippen molar-refractivity contribution in [3.63, 3.8) is 0 Å². The molecule has 3 aromatic rings. The molecule has 0 radical (unpaired) electrons.